The second-order valence-electron chi connectivity index (χ2n) is 13.5. The van der Waals surface area contributed by atoms with Gasteiger partial charge in [0, 0.05) is 37.4 Å². The lowest BCUT2D eigenvalue weighted by Crippen LogP contribution is -2.34. The van der Waals surface area contributed by atoms with E-state index >= 15 is 0 Å². The monoisotopic (exact) mass is 743 g/mol. The van der Waals surface area contributed by atoms with Gasteiger partial charge in [-0.3, -0.25) is 20.4 Å². The summed E-state index contributed by atoms with van der Waals surface area (Å²) in [5.41, 5.74) is 0. The van der Waals surface area contributed by atoms with E-state index in [1.165, 1.54) is 103 Å². The van der Waals surface area contributed by atoms with E-state index in [1.807, 2.05) is 0 Å². The molecule has 0 fully saturated rings. The van der Waals surface area contributed by atoms with Crippen LogP contribution in [0.3, 0.4) is 0 Å². The molecular formula is C40H78N4O4S2. The molecule has 0 atom stereocenters. The average Bonchev–Trinajstić information content (AvgIpc) is 3.11. The minimum absolute atomic E-state index is 0.0912. The topological polar surface area (TPSA) is 124 Å². The molecule has 0 amide bonds. The van der Waals surface area contributed by atoms with Crippen molar-refractivity contribution >= 4 is 47.1 Å². The fourth-order valence-corrected chi connectivity index (χ4v) is 7.24. The lowest BCUT2D eigenvalue weighted by atomic mass is 10.1. The standard InChI is InChI=1S/C40H78N4O4S2/c1-3-5-7-9-11-13-15-17-19-21-31-47-39(45)27-35-49-33-23-25-37(41)43-29-30-44-38(42)26-24-34-50-36-28-40(46)48-32-22-20-18-16-14-12-10-8-6-4-2/h3-36H2,1-2H3,(H2,41,43)(H2,42,44). The van der Waals surface area contributed by atoms with Gasteiger partial charge in [0.05, 0.1) is 37.7 Å². The number of carbonyl (C=O) groups is 2. The van der Waals surface area contributed by atoms with Crippen molar-refractivity contribution in [2.45, 2.75) is 181 Å². The summed E-state index contributed by atoms with van der Waals surface area (Å²) in [4.78, 5) is 23.9. The third-order valence-electron chi connectivity index (χ3n) is 8.66. The summed E-state index contributed by atoms with van der Waals surface area (Å²) in [6.45, 7) is 6.85. The highest BCUT2D eigenvalue weighted by Crippen LogP contribution is 2.13. The van der Waals surface area contributed by atoms with Gasteiger partial charge in [-0.1, -0.05) is 129 Å². The van der Waals surface area contributed by atoms with Crippen molar-refractivity contribution in [3.8, 4) is 0 Å². The Balaban J connectivity index is 3.41. The molecular weight excluding hydrogens is 665 g/mol. The first-order chi connectivity index (χ1) is 24.5. The van der Waals surface area contributed by atoms with E-state index in [2.05, 4.69) is 24.5 Å². The van der Waals surface area contributed by atoms with Gasteiger partial charge in [0.25, 0.3) is 0 Å². The maximum absolute atomic E-state index is 11.9. The lowest BCUT2D eigenvalue weighted by Gasteiger charge is -2.11. The number of unbranched alkanes of at least 4 members (excludes halogenated alkanes) is 18. The molecule has 0 aromatic rings. The van der Waals surface area contributed by atoms with Crippen LogP contribution in [-0.4, -0.2) is 72.9 Å². The first-order valence-electron chi connectivity index (χ1n) is 20.6. The Morgan fingerprint density at radius 3 is 1.10 bits per heavy atom. The van der Waals surface area contributed by atoms with Crippen LogP contribution in [0.15, 0.2) is 0 Å². The zero-order valence-electron chi connectivity index (χ0n) is 32.5. The van der Waals surface area contributed by atoms with Crippen LogP contribution in [0, 0.1) is 10.8 Å². The van der Waals surface area contributed by atoms with Gasteiger partial charge in [0.2, 0.25) is 0 Å². The zero-order valence-corrected chi connectivity index (χ0v) is 34.1. The zero-order chi connectivity index (χ0) is 36.6. The van der Waals surface area contributed by atoms with Crippen LogP contribution in [0.25, 0.3) is 0 Å². The van der Waals surface area contributed by atoms with E-state index in [1.54, 1.807) is 23.5 Å². The van der Waals surface area contributed by atoms with Gasteiger partial charge >= 0.3 is 11.9 Å². The summed E-state index contributed by atoms with van der Waals surface area (Å²) >= 11 is 3.49. The van der Waals surface area contributed by atoms with Gasteiger partial charge in [-0.25, -0.2) is 0 Å². The Morgan fingerprint density at radius 1 is 0.440 bits per heavy atom. The second-order valence-corrected chi connectivity index (χ2v) is 16.0. The van der Waals surface area contributed by atoms with Crippen molar-refractivity contribution < 1.29 is 19.1 Å². The van der Waals surface area contributed by atoms with E-state index < -0.39 is 0 Å². The van der Waals surface area contributed by atoms with E-state index in [-0.39, 0.29) is 11.9 Å². The van der Waals surface area contributed by atoms with Crippen LogP contribution in [0.1, 0.15) is 181 Å². The smallest absolute Gasteiger partial charge is 0.306 e. The normalized spacial score (nSPS) is 11.0. The summed E-state index contributed by atoms with van der Waals surface area (Å²) in [7, 11) is 0. The largest absolute Gasteiger partial charge is 0.466 e. The predicted molar refractivity (Wildman–Crippen MR) is 219 cm³/mol. The van der Waals surface area contributed by atoms with Gasteiger partial charge in [-0.2, -0.15) is 23.5 Å². The van der Waals surface area contributed by atoms with E-state index in [9.17, 15) is 9.59 Å². The van der Waals surface area contributed by atoms with Gasteiger partial charge in [0.1, 0.15) is 0 Å². The maximum Gasteiger partial charge on any atom is 0.306 e. The van der Waals surface area contributed by atoms with Gasteiger partial charge < -0.3 is 20.1 Å². The first kappa shape index (κ1) is 48.6. The van der Waals surface area contributed by atoms with Gasteiger partial charge in [0.15, 0.2) is 0 Å². The first-order valence-corrected chi connectivity index (χ1v) is 22.9. The number of hydrogen-bond acceptors (Lipinski definition) is 8. The summed E-state index contributed by atoms with van der Waals surface area (Å²) in [6.07, 6.45) is 29.7. The summed E-state index contributed by atoms with van der Waals surface area (Å²) < 4.78 is 10.7. The molecule has 0 aliphatic carbocycles. The summed E-state index contributed by atoms with van der Waals surface area (Å²) in [6, 6.07) is 0. The Labute approximate surface area is 316 Å². The van der Waals surface area contributed by atoms with Gasteiger partial charge in [-0.15, -0.1) is 0 Å². The Hall–Kier alpha value is -1.42. The van der Waals surface area contributed by atoms with E-state index in [0.29, 0.717) is 63.7 Å². The molecule has 0 bridgehead atoms. The van der Waals surface area contributed by atoms with Crippen molar-refractivity contribution in [1.82, 2.24) is 10.6 Å². The SMILES string of the molecule is CCCCCCCCCCCCOC(=O)CCSCCCC(=N)NCCNC(=N)CCCSCCC(=O)OCCCCCCCCCCCC. The van der Waals surface area contributed by atoms with Crippen LogP contribution in [0.5, 0.6) is 0 Å². The molecule has 0 aromatic heterocycles. The van der Waals surface area contributed by atoms with Crippen molar-refractivity contribution in [3.63, 3.8) is 0 Å². The average molecular weight is 743 g/mol. The number of nitrogens with one attached hydrogen (secondary N) is 4. The van der Waals surface area contributed by atoms with E-state index in [0.717, 1.165) is 61.5 Å². The summed E-state index contributed by atoms with van der Waals surface area (Å²) in [5.74, 6) is 4.26. The Bertz CT molecular complexity index is 739. The van der Waals surface area contributed by atoms with Crippen molar-refractivity contribution in [2.75, 3.05) is 49.3 Å². The fourth-order valence-electron chi connectivity index (χ4n) is 5.52. The molecule has 0 unspecified atom stereocenters. The molecule has 294 valence electrons. The number of amidine groups is 2. The number of esters is 2. The molecule has 8 nitrogen and oxygen atoms in total. The summed E-state index contributed by atoms with van der Waals surface area (Å²) in [5, 5.41) is 22.4. The van der Waals surface area contributed by atoms with Crippen LogP contribution in [0.2, 0.25) is 0 Å². The van der Waals surface area contributed by atoms with Crippen LogP contribution in [0.4, 0.5) is 0 Å². The van der Waals surface area contributed by atoms with Crippen molar-refractivity contribution in [1.29, 1.82) is 10.8 Å². The Morgan fingerprint density at radius 2 is 0.760 bits per heavy atom. The molecule has 0 aliphatic rings. The minimum atomic E-state index is -0.0912. The van der Waals surface area contributed by atoms with Crippen LogP contribution >= 0.6 is 23.5 Å². The van der Waals surface area contributed by atoms with Crippen molar-refractivity contribution in [2.24, 2.45) is 0 Å². The molecule has 0 aromatic carbocycles. The molecule has 10 heteroatoms. The van der Waals surface area contributed by atoms with E-state index in [4.69, 9.17) is 20.3 Å². The van der Waals surface area contributed by atoms with Crippen LogP contribution in [-0.2, 0) is 19.1 Å². The number of ether oxygens (including phenoxy) is 2. The third-order valence-corrected chi connectivity index (χ3v) is 10.8. The molecule has 0 saturated carbocycles. The molecule has 0 saturated heterocycles. The highest BCUT2D eigenvalue weighted by atomic mass is 32.2. The van der Waals surface area contributed by atoms with Crippen molar-refractivity contribution in [3.05, 3.63) is 0 Å². The minimum Gasteiger partial charge on any atom is -0.466 e. The Kier molecular flexibility index (Phi) is 39.2. The van der Waals surface area contributed by atoms with Gasteiger partial charge in [-0.05, 0) is 37.2 Å². The quantitative estimate of drug-likeness (QED) is 0.0212. The molecule has 0 radical (unpaired) electrons. The lowest BCUT2D eigenvalue weighted by molar-refractivity contribution is -0.144. The maximum atomic E-state index is 11.9. The highest BCUT2D eigenvalue weighted by molar-refractivity contribution is 7.99. The third kappa shape index (κ3) is 39.4. The highest BCUT2D eigenvalue weighted by Gasteiger charge is 2.05. The molecule has 50 heavy (non-hydrogen) atoms. The number of rotatable bonds is 39. The van der Waals surface area contributed by atoms with Crippen LogP contribution < -0.4 is 10.6 Å². The number of carbonyl (C=O) groups excluding carboxylic acids is 2. The number of thioether (sulfide) groups is 2. The molecule has 4 N–H and O–H groups in total. The molecule has 0 rings (SSSR count). The fraction of sp³-hybridized carbons (Fsp3) is 0.900. The molecule has 0 aliphatic heterocycles. The predicted octanol–water partition coefficient (Wildman–Crippen LogP) is 10.9. The second kappa shape index (κ2) is 40.4. The molecule has 0 heterocycles. The number of hydrogen-bond donors (Lipinski definition) is 4. The molecule has 0 spiro atoms.